The molecule has 0 aliphatic carbocycles. The molecule has 0 radical (unpaired) electrons. The fourth-order valence-electron chi connectivity index (χ4n) is 3.27. The average molecular weight is 443 g/mol. The lowest BCUT2D eigenvalue weighted by atomic mass is 9.94. The van der Waals surface area contributed by atoms with E-state index in [0.29, 0.717) is 22.3 Å². The van der Waals surface area contributed by atoms with E-state index in [-0.39, 0.29) is 30.2 Å². The number of carbonyl (C=O) groups excluding carboxylic acids is 2. The van der Waals surface area contributed by atoms with Crippen LogP contribution in [0.25, 0.3) is 0 Å². The minimum atomic E-state index is -2.60. The number of halogens is 2. The smallest absolute Gasteiger partial charge is 0.272 e. The highest BCUT2D eigenvalue weighted by Crippen LogP contribution is 2.35. The van der Waals surface area contributed by atoms with Gasteiger partial charge in [-0.1, -0.05) is 0 Å². The lowest BCUT2D eigenvalue weighted by Crippen LogP contribution is -2.30. The molecule has 2 aromatic rings. The van der Waals surface area contributed by atoms with E-state index >= 15 is 0 Å². The van der Waals surface area contributed by atoms with E-state index in [2.05, 4.69) is 15.3 Å². The van der Waals surface area contributed by atoms with Gasteiger partial charge in [-0.3, -0.25) is 9.59 Å². The monoisotopic (exact) mass is 443 g/mol. The van der Waals surface area contributed by atoms with Crippen molar-refractivity contribution in [2.45, 2.75) is 46.7 Å². The Labute approximate surface area is 184 Å². The molecule has 1 aliphatic heterocycles. The number of pyridine rings is 2. The number of aromatic nitrogens is 2. The Kier molecular flexibility index (Phi) is 6.39. The normalized spacial score (nSPS) is 14.2. The molecule has 8 nitrogen and oxygen atoms in total. The molecule has 1 atom stereocenters. The molecule has 0 aromatic carbocycles. The summed E-state index contributed by atoms with van der Waals surface area (Å²) in [5.41, 5.74) is 1.01. The van der Waals surface area contributed by atoms with Gasteiger partial charge in [0.2, 0.25) is 11.8 Å². The van der Waals surface area contributed by atoms with E-state index < -0.39 is 24.4 Å². The van der Waals surface area contributed by atoms with Gasteiger partial charge in [0.25, 0.3) is 12.3 Å². The summed E-state index contributed by atoms with van der Waals surface area (Å²) in [6.45, 7) is 5.97. The Morgan fingerprint density at radius 3 is 2.75 bits per heavy atom. The van der Waals surface area contributed by atoms with Gasteiger partial charge in [0.05, 0.1) is 18.7 Å². The van der Waals surface area contributed by atoms with Crippen LogP contribution in [0, 0.1) is 23.7 Å². The Hall–Kier alpha value is -3.61. The Morgan fingerprint density at radius 1 is 1.41 bits per heavy atom. The SMILES string of the molecule is Cc1cc(C(C)N2Cc3c(ccnc3NC(=O)C(C)(C)C#N)C2=O)cnc1OCC(F)F. The van der Waals surface area contributed by atoms with Gasteiger partial charge >= 0.3 is 0 Å². The van der Waals surface area contributed by atoms with E-state index in [1.807, 2.05) is 13.0 Å². The van der Waals surface area contributed by atoms with E-state index in [4.69, 9.17) is 4.74 Å². The van der Waals surface area contributed by atoms with E-state index in [9.17, 15) is 23.6 Å². The largest absolute Gasteiger partial charge is 0.471 e. The van der Waals surface area contributed by atoms with Crippen molar-refractivity contribution in [3.63, 3.8) is 0 Å². The van der Waals surface area contributed by atoms with Crippen LogP contribution in [0.15, 0.2) is 24.5 Å². The lowest BCUT2D eigenvalue weighted by Gasteiger charge is -2.25. The van der Waals surface area contributed by atoms with Crippen LogP contribution in [0.4, 0.5) is 14.6 Å². The Balaban J connectivity index is 1.82. The molecule has 1 N–H and O–H groups in total. The molecule has 32 heavy (non-hydrogen) atoms. The van der Waals surface area contributed by atoms with Crippen LogP contribution in [0.1, 0.15) is 53.9 Å². The minimum absolute atomic E-state index is 0.117. The number of amides is 2. The van der Waals surface area contributed by atoms with E-state index in [0.717, 1.165) is 0 Å². The van der Waals surface area contributed by atoms with Gasteiger partial charge in [-0.05, 0) is 45.4 Å². The molecular formula is C22H23F2N5O3. The molecule has 0 spiro atoms. The second kappa shape index (κ2) is 8.86. The van der Waals surface area contributed by atoms with Crippen molar-refractivity contribution in [3.05, 3.63) is 46.8 Å². The number of alkyl halides is 2. The van der Waals surface area contributed by atoms with Crippen molar-refractivity contribution in [2.24, 2.45) is 5.41 Å². The number of ether oxygens (including phenoxy) is 1. The predicted molar refractivity (Wildman–Crippen MR) is 111 cm³/mol. The van der Waals surface area contributed by atoms with Gasteiger partial charge in [0.1, 0.15) is 11.2 Å². The first-order valence-corrected chi connectivity index (χ1v) is 9.94. The molecule has 3 heterocycles. The van der Waals surface area contributed by atoms with Crippen molar-refractivity contribution in [3.8, 4) is 11.9 Å². The van der Waals surface area contributed by atoms with Crippen LogP contribution < -0.4 is 10.1 Å². The van der Waals surface area contributed by atoms with Crippen molar-refractivity contribution in [1.82, 2.24) is 14.9 Å². The highest BCUT2D eigenvalue weighted by atomic mass is 19.3. The van der Waals surface area contributed by atoms with Crippen molar-refractivity contribution < 1.29 is 23.1 Å². The summed E-state index contributed by atoms with van der Waals surface area (Å²) in [6, 6.07) is 4.88. The summed E-state index contributed by atoms with van der Waals surface area (Å²) in [5.74, 6) is -0.393. The molecule has 2 aromatic heterocycles. The number of carbonyl (C=O) groups is 2. The van der Waals surface area contributed by atoms with Crippen LogP contribution in [-0.2, 0) is 11.3 Å². The Bertz CT molecular complexity index is 1100. The highest BCUT2D eigenvalue weighted by Gasteiger charge is 2.35. The fourth-order valence-corrected chi connectivity index (χ4v) is 3.27. The minimum Gasteiger partial charge on any atom is -0.471 e. The predicted octanol–water partition coefficient (Wildman–Crippen LogP) is 3.63. The van der Waals surface area contributed by atoms with Crippen LogP contribution in [0.3, 0.4) is 0 Å². The third-order valence-corrected chi connectivity index (χ3v) is 5.30. The second-order valence-corrected chi connectivity index (χ2v) is 8.08. The molecule has 0 saturated carbocycles. The van der Waals surface area contributed by atoms with Crippen LogP contribution in [-0.4, -0.2) is 39.7 Å². The zero-order valence-corrected chi connectivity index (χ0v) is 18.1. The maximum atomic E-state index is 13.0. The first-order chi connectivity index (χ1) is 15.0. The maximum absolute atomic E-state index is 13.0. The molecule has 0 saturated heterocycles. The van der Waals surface area contributed by atoms with Gasteiger partial charge in [-0.15, -0.1) is 0 Å². The number of nitrogens with zero attached hydrogens (tertiary/aromatic N) is 4. The average Bonchev–Trinajstić information content (AvgIpc) is 3.09. The maximum Gasteiger partial charge on any atom is 0.272 e. The molecule has 1 unspecified atom stereocenters. The first kappa shape index (κ1) is 23.1. The summed E-state index contributed by atoms with van der Waals surface area (Å²) >= 11 is 0. The molecule has 10 heteroatoms. The fraction of sp³-hybridized carbons (Fsp3) is 0.409. The van der Waals surface area contributed by atoms with Crippen molar-refractivity contribution in [2.75, 3.05) is 11.9 Å². The molecule has 0 bridgehead atoms. The number of aryl methyl sites for hydroxylation is 1. The van der Waals surface area contributed by atoms with Crippen LogP contribution in [0.2, 0.25) is 0 Å². The van der Waals surface area contributed by atoms with Crippen molar-refractivity contribution in [1.29, 1.82) is 5.26 Å². The molecule has 168 valence electrons. The molecule has 3 rings (SSSR count). The van der Waals surface area contributed by atoms with Gasteiger partial charge in [0, 0.05) is 29.1 Å². The molecular weight excluding hydrogens is 420 g/mol. The number of fused-ring (bicyclic) bond motifs is 1. The van der Waals surface area contributed by atoms with Crippen molar-refractivity contribution >= 4 is 17.6 Å². The number of anilines is 1. The van der Waals surface area contributed by atoms with Crippen LogP contribution in [0.5, 0.6) is 5.88 Å². The third-order valence-electron chi connectivity index (χ3n) is 5.30. The number of nitriles is 1. The van der Waals surface area contributed by atoms with Gasteiger partial charge in [0.15, 0.2) is 6.61 Å². The number of hydrogen-bond donors (Lipinski definition) is 1. The number of hydrogen-bond acceptors (Lipinski definition) is 6. The molecule has 2 amide bonds. The van der Waals surface area contributed by atoms with E-state index in [1.54, 1.807) is 24.0 Å². The summed E-state index contributed by atoms with van der Waals surface area (Å²) in [5, 5.41) is 11.8. The summed E-state index contributed by atoms with van der Waals surface area (Å²) < 4.78 is 29.8. The standard InChI is InChI=1S/C22H23F2N5O3/c1-12-7-14(8-27-19(12)32-10-17(23)24)13(2)29-9-16-15(20(29)30)5-6-26-18(16)28-21(31)22(3,4)11-25/h5-8,13,17H,9-10H2,1-4H3,(H,26,28,31). The number of nitrogens with one attached hydrogen (secondary N) is 1. The first-order valence-electron chi connectivity index (χ1n) is 9.94. The zero-order valence-electron chi connectivity index (χ0n) is 18.1. The zero-order chi connectivity index (χ0) is 23.6. The van der Waals surface area contributed by atoms with E-state index in [1.165, 1.54) is 26.2 Å². The lowest BCUT2D eigenvalue weighted by molar-refractivity contribution is -0.121. The molecule has 1 aliphatic rings. The van der Waals surface area contributed by atoms with Gasteiger partial charge in [-0.25, -0.2) is 18.7 Å². The highest BCUT2D eigenvalue weighted by molar-refractivity contribution is 6.02. The Morgan fingerprint density at radius 2 is 2.12 bits per heavy atom. The molecule has 0 fully saturated rings. The summed E-state index contributed by atoms with van der Waals surface area (Å²) in [6.07, 6.45) is 0.323. The summed E-state index contributed by atoms with van der Waals surface area (Å²) in [4.78, 5) is 35.4. The van der Waals surface area contributed by atoms with Crippen LogP contribution >= 0.6 is 0 Å². The third kappa shape index (κ3) is 4.51. The second-order valence-electron chi connectivity index (χ2n) is 8.08. The quantitative estimate of drug-likeness (QED) is 0.700. The summed E-state index contributed by atoms with van der Waals surface area (Å²) in [7, 11) is 0. The van der Waals surface area contributed by atoms with Gasteiger partial charge < -0.3 is 15.0 Å². The van der Waals surface area contributed by atoms with Gasteiger partial charge in [-0.2, -0.15) is 5.26 Å². The topological polar surface area (TPSA) is 108 Å². The number of rotatable bonds is 7.